The van der Waals surface area contributed by atoms with Gasteiger partial charge in [0.15, 0.2) is 0 Å². The SMILES string of the molecule is CC(C)(O)c1ccccc1CCC(O)c1cccc(/C=C/c2ccc3ccc(Cl)cc3c2)c1. The van der Waals surface area contributed by atoms with Crippen LogP contribution in [0.2, 0.25) is 5.02 Å². The van der Waals surface area contributed by atoms with Gasteiger partial charge in [0.2, 0.25) is 0 Å². The molecule has 3 heteroatoms. The highest BCUT2D eigenvalue weighted by Gasteiger charge is 2.20. The van der Waals surface area contributed by atoms with Gasteiger partial charge >= 0.3 is 0 Å². The maximum Gasteiger partial charge on any atom is 0.0843 e. The Kier molecular flexibility index (Phi) is 6.99. The van der Waals surface area contributed by atoms with Gasteiger partial charge in [-0.15, -0.1) is 0 Å². The van der Waals surface area contributed by atoms with Crippen molar-refractivity contribution in [2.75, 3.05) is 0 Å². The standard InChI is InChI=1S/C30H29ClO2/c1-30(2,33)28-9-4-3-7-24(28)15-17-29(32)25-8-5-6-21(18-25)10-11-22-12-13-23-14-16-27(31)20-26(23)19-22/h3-14,16,18-20,29,32-33H,15,17H2,1-2H3/b11-10+. The lowest BCUT2D eigenvalue weighted by molar-refractivity contribution is 0.0772. The maximum absolute atomic E-state index is 10.8. The van der Waals surface area contributed by atoms with E-state index in [0.29, 0.717) is 12.8 Å². The fraction of sp³-hybridized carbons (Fsp3) is 0.200. The van der Waals surface area contributed by atoms with Crippen LogP contribution >= 0.6 is 11.6 Å². The zero-order chi connectivity index (χ0) is 23.4. The number of benzene rings is 4. The fourth-order valence-electron chi connectivity index (χ4n) is 4.20. The van der Waals surface area contributed by atoms with Crippen LogP contribution in [0.25, 0.3) is 22.9 Å². The van der Waals surface area contributed by atoms with E-state index in [9.17, 15) is 10.2 Å². The first-order valence-corrected chi connectivity index (χ1v) is 11.6. The summed E-state index contributed by atoms with van der Waals surface area (Å²) in [6.45, 7) is 3.59. The quantitative estimate of drug-likeness (QED) is 0.282. The number of aliphatic hydroxyl groups excluding tert-OH is 1. The minimum atomic E-state index is -0.902. The van der Waals surface area contributed by atoms with Crippen molar-refractivity contribution in [1.82, 2.24) is 0 Å². The number of halogens is 1. The van der Waals surface area contributed by atoms with Gasteiger partial charge in [0, 0.05) is 5.02 Å². The van der Waals surface area contributed by atoms with Gasteiger partial charge in [-0.1, -0.05) is 84.4 Å². The van der Waals surface area contributed by atoms with Crippen molar-refractivity contribution in [3.05, 3.63) is 118 Å². The van der Waals surface area contributed by atoms with Crippen molar-refractivity contribution >= 4 is 34.5 Å². The second kappa shape index (κ2) is 9.93. The Hall–Kier alpha value is -2.91. The van der Waals surface area contributed by atoms with E-state index >= 15 is 0 Å². The summed E-state index contributed by atoms with van der Waals surface area (Å²) in [6.07, 6.45) is 4.85. The highest BCUT2D eigenvalue weighted by atomic mass is 35.5. The van der Waals surface area contributed by atoms with E-state index in [4.69, 9.17) is 11.6 Å². The van der Waals surface area contributed by atoms with E-state index in [1.54, 1.807) is 13.8 Å². The molecule has 0 amide bonds. The first kappa shape index (κ1) is 23.3. The summed E-state index contributed by atoms with van der Waals surface area (Å²) < 4.78 is 0. The summed E-state index contributed by atoms with van der Waals surface area (Å²) in [4.78, 5) is 0. The van der Waals surface area contributed by atoms with Crippen molar-refractivity contribution in [3.63, 3.8) is 0 Å². The highest BCUT2D eigenvalue weighted by Crippen LogP contribution is 2.27. The van der Waals surface area contributed by atoms with Gasteiger partial charge < -0.3 is 10.2 Å². The largest absolute Gasteiger partial charge is 0.388 e. The molecule has 0 spiro atoms. The third kappa shape index (κ3) is 5.91. The molecule has 4 aromatic rings. The Bertz CT molecular complexity index is 1280. The van der Waals surface area contributed by atoms with E-state index in [2.05, 4.69) is 30.4 Å². The summed E-state index contributed by atoms with van der Waals surface area (Å²) in [5.74, 6) is 0. The number of aryl methyl sites for hydroxylation is 1. The van der Waals surface area contributed by atoms with E-state index in [1.807, 2.05) is 66.7 Å². The van der Waals surface area contributed by atoms with Gasteiger partial charge in [-0.25, -0.2) is 0 Å². The molecule has 1 unspecified atom stereocenters. The molecule has 4 rings (SSSR count). The second-order valence-electron chi connectivity index (χ2n) is 9.03. The lowest BCUT2D eigenvalue weighted by atomic mass is 9.90. The summed E-state index contributed by atoms with van der Waals surface area (Å²) in [5, 5.41) is 24.3. The zero-order valence-electron chi connectivity index (χ0n) is 19.0. The van der Waals surface area contributed by atoms with E-state index in [1.165, 1.54) is 0 Å². The Labute approximate surface area is 200 Å². The Morgan fingerprint density at radius 1 is 0.818 bits per heavy atom. The van der Waals surface area contributed by atoms with Crippen molar-refractivity contribution in [1.29, 1.82) is 0 Å². The van der Waals surface area contributed by atoms with Crippen LogP contribution in [-0.2, 0) is 12.0 Å². The number of rotatable bonds is 7. The maximum atomic E-state index is 10.8. The molecule has 0 aromatic heterocycles. The molecule has 0 aliphatic carbocycles. The van der Waals surface area contributed by atoms with Crippen LogP contribution in [0.4, 0.5) is 0 Å². The van der Waals surface area contributed by atoms with Crippen LogP contribution in [0.1, 0.15) is 54.2 Å². The van der Waals surface area contributed by atoms with Gasteiger partial charge in [-0.2, -0.15) is 0 Å². The van der Waals surface area contributed by atoms with Crippen molar-refractivity contribution in [3.8, 4) is 0 Å². The van der Waals surface area contributed by atoms with E-state index in [-0.39, 0.29) is 0 Å². The molecule has 4 aromatic carbocycles. The number of aliphatic hydroxyl groups is 2. The van der Waals surface area contributed by atoms with Crippen LogP contribution in [0, 0.1) is 0 Å². The lowest BCUT2D eigenvalue weighted by Crippen LogP contribution is -2.18. The topological polar surface area (TPSA) is 40.5 Å². The summed E-state index contributed by atoms with van der Waals surface area (Å²) >= 11 is 6.13. The van der Waals surface area contributed by atoms with Crippen LogP contribution in [0.15, 0.2) is 84.9 Å². The van der Waals surface area contributed by atoms with Crippen molar-refractivity contribution in [2.45, 2.75) is 38.4 Å². The second-order valence-corrected chi connectivity index (χ2v) is 9.46. The number of hydrogen-bond donors (Lipinski definition) is 2. The monoisotopic (exact) mass is 456 g/mol. The number of hydrogen-bond acceptors (Lipinski definition) is 2. The Morgan fingerprint density at radius 2 is 1.55 bits per heavy atom. The minimum absolute atomic E-state index is 0.573. The van der Waals surface area contributed by atoms with Gasteiger partial charge in [0.1, 0.15) is 0 Å². The smallest absolute Gasteiger partial charge is 0.0843 e. The molecule has 0 saturated heterocycles. The predicted octanol–water partition coefficient (Wildman–Crippen LogP) is 7.56. The molecule has 0 aliphatic rings. The van der Waals surface area contributed by atoms with Gasteiger partial charge in [-0.3, -0.25) is 0 Å². The first-order chi connectivity index (χ1) is 15.8. The summed E-state index contributed by atoms with van der Waals surface area (Å²) in [6, 6.07) is 28.1. The average Bonchev–Trinajstić information content (AvgIpc) is 2.80. The minimum Gasteiger partial charge on any atom is -0.388 e. The van der Waals surface area contributed by atoms with Crippen LogP contribution in [0.3, 0.4) is 0 Å². The molecule has 1 atom stereocenters. The molecular formula is C30H29ClO2. The Morgan fingerprint density at radius 3 is 2.33 bits per heavy atom. The van der Waals surface area contributed by atoms with Crippen LogP contribution < -0.4 is 0 Å². The molecule has 2 N–H and O–H groups in total. The van der Waals surface area contributed by atoms with Crippen molar-refractivity contribution in [2.24, 2.45) is 0 Å². The molecule has 168 valence electrons. The number of fused-ring (bicyclic) bond motifs is 1. The van der Waals surface area contributed by atoms with Gasteiger partial charge in [0.25, 0.3) is 0 Å². The van der Waals surface area contributed by atoms with Gasteiger partial charge in [-0.05, 0) is 89.5 Å². The summed E-state index contributed by atoms with van der Waals surface area (Å²) in [5.41, 5.74) is 4.10. The third-order valence-electron chi connectivity index (χ3n) is 5.95. The molecule has 2 nitrogen and oxygen atoms in total. The van der Waals surface area contributed by atoms with Crippen molar-refractivity contribution < 1.29 is 10.2 Å². The molecule has 0 aliphatic heterocycles. The molecule has 0 heterocycles. The van der Waals surface area contributed by atoms with E-state index < -0.39 is 11.7 Å². The Balaban J connectivity index is 1.47. The molecular weight excluding hydrogens is 428 g/mol. The normalized spacial score (nSPS) is 13.0. The fourth-order valence-corrected chi connectivity index (χ4v) is 4.38. The van der Waals surface area contributed by atoms with Crippen LogP contribution in [0.5, 0.6) is 0 Å². The predicted molar refractivity (Wildman–Crippen MR) is 139 cm³/mol. The van der Waals surface area contributed by atoms with Crippen LogP contribution in [-0.4, -0.2) is 10.2 Å². The molecule has 0 fully saturated rings. The first-order valence-electron chi connectivity index (χ1n) is 11.3. The van der Waals surface area contributed by atoms with E-state index in [0.717, 1.165) is 43.6 Å². The van der Waals surface area contributed by atoms with Gasteiger partial charge in [0.05, 0.1) is 11.7 Å². The lowest BCUT2D eigenvalue weighted by Gasteiger charge is -2.22. The molecule has 0 radical (unpaired) electrons. The highest BCUT2D eigenvalue weighted by molar-refractivity contribution is 6.31. The zero-order valence-corrected chi connectivity index (χ0v) is 19.8. The summed E-state index contributed by atoms with van der Waals surface area (Å²) in [7, 11) is 0. The molecule has 33 heavy (non-hydrogen) atoms. The molecule has 0 bridgehead atoms. The molecule has 0 saturated carbocycles. The third-order valence-corrected chi connectivity index (χ3v) is 6.19. The average molecular weight is 457 g/mol.